The predicted octanol–water partition coefficient (Wildman–Crippen LogP) is 0.522. The van der Waals surface area contributed by atoms with Crippen molar-refractivity contribution >= 4 is 23.2 Å². The molecule has 3 N–H and O–H groups in total. The first-order valence-corrected chi connectivity index (χ1v) is 9.66. The van der Waals surface area contributed by atoms with E-state index in [0.717, 1.165) is 37.7 Å². The molecule has 0 bridgehead atoms. The van der Waals surface area contributed by atoms with Crippen LogP contribution >= 0.6 is 11.6 Å². The summed E-state index contributed by atoms with van der Waals surface area (Å²) in [4.78, 5) is 15.4. The van der Waals surface area contributed by atoms with Crippen LogP contribution in [0.15, 0.2) is 48.5 Å². The zero-order chi connectivity index (χ0) is 19.2. The van der Waals surface area contributed by atoms with Crippen molar-refractivity contribution in [3.8, 4) is 6.07 Å². The van der Waals surface area contributed by atoms with Crippen LogP contribution in [0.25, 0.3) is 0 Å². The summed E-state index contributed by atoms with van der Waals surface area (Å²) in [7, 11) is 0. The molecule has 2 aromatic rings. The Kier molecular flexibility index (Phi) is 6.46. The van der Waals surface area contributed by atoms with Crippen molar-refractivity contribution in [3.63, 3.8) is 0 Å². The summed E-state index contributed by atoms with van der Waals surface area (Å²) < 4.78 is 0. The number of anilines is 1. The maximum atomic E-state index is 12.6. The number of carbonyl (C=O) groups is 1. The summed E-state index contributed by atoms with van der Waals surface area (Å²) >= 11 is 6.07. The highest BCUT2D eigenvalue weighted by atomic mass is 35.5. The molecule has 3 rings (SSSR count). The van der Waals surface area contributed by atoms with Gasteiger partial charge in [-0.2, -0.15) is 5.26 Å². The van der Waals surface area contributed by atoms with E-state index in [0.29, 0.717) is 11.3 Å². The summed E-state index contributed by atoms with van der Waals surface area (Å²) in [6.45, 7) is 6.92. The number of hydrogen-bond donors (Lipinski definition) is 3. The maximum Gasteiger partial charge on any atom is 0.282 e. The summed E-state index contributed by atoms with van der Waals surface area (Å²) in [5, 5.41) is 12.7. The fourth-order valence-electron chi connectivity index (χ4n) is 3.57. The third kappa shape index (κ3) is 5.30. The molecule has 0 saturated carbocycles. The van der Waals surface area contributed by atoms with Crippen LogP contribution in [0.1, 0.15) is 18.1 Å². The number of rotatable bonds is 5. The van der Waals surface area contributed by atoms with Gasteiger partial charge in [-0.05, 0) is 37.3 Å². The molecule has 1 saturated heterocycles. The molecule has 1 aliphatic rings. The second-order valence-electron chi connectivity index (χ2n) is 7.12. The second-order valence-corrected chi connectivity index (χ2v) is 7.55. The number of nitrogens with one attached hydrogen (secondary N) is 3. The van der Waals surface area contributed by atoms with Crippen molar-refractivity contribution in [2.24, 2.45) is 0 Å². The SMILES string of the molecule is C[C@H](C(=O)Nc1cccc(C#N)c1)[NH+]1CC[NH+](Cc2cccc(Cl)c2)CC1. The van der Waals surface area contributed by atoms with Gasteiger partial charge in [-0.1, -0.05) is 29.8 Å². The smallest absolute Gasteiger partial charge is 0.282 e. The first-order chi connectivity index (χ1) is 13.0. The Morgan fingerprint density at radius 1 is 1.19 bits per heavy atom. The van der Waals surface area contributed by atoms with Crippen molar-refractivity contribution < 1.29 is 14.6 Å². The van der Waals surface area contributed by atoms with E-state index < -0.39 is 0 Å². The number of nitriles is 1. The Bertz CT molecular complexity index is 840. The molecule has 140 valence electrons. The molecule has 0 aliphatic carbocycles. The standard InChI is InChI=1S/C21H23ClN4O/c1-16(21(27)24-20-7-3-4-17(13-20)14-23)26-10-8-25(9-11-26)15-18-5-2-6-19(22)12-18/h2-7,12-13,16H,8-11,15H2,1H3,(H,24,27)/p+2/t16-/m1/s1. The highest BCUT2D eigenvalue weighted by Gasteiger charge is 2.31. The minimum Gasteiger partial charge on any atom is -0.322 e. The highest BCUT2D eigenvalue weighted by Crippen LogP contribution is 2.10. The van der Waals surface area contributed by atoms with E-state index in [4.69, 9.17) is 16.9 Å². The van der Waals surface area contributed by atoms with E-state index in [1.807, 2.05) is 31.2 Å². The van der Waals surface area contributed by atoms with Gasteiger partial charge in [0.1, 0.15) is 32.7 Å². The Balaban J connectivity index is 1.51. The van der Waals surface area contributed by atoms with Crippen molar-refractivity contribution in [2.75, 3.05) is 31.5 Å². The lowest BCUT2D eigenvalue weighted by molar-refractivity contribution is -1.02. The number of nitrogens with zero attached hydrogens (tertiary/aromatic N) is 1. The molecule has 27 heavy (non-hydrogen) atoms. The second kappa shape index (κ2) is 9.01. The summed E-state index contributed by atoms with van der Waals surface area (Å²) in [5.41, 5.74) is 2.48. The summed E-state index contributed by atoms with van der Waals surface area (Å²) in [5.74, 6) is -0.00150. The van der Waals surface area contributed by atoms with Crippen LogP contribution in [0, 0.1) is 11.3 Å². The number of halogens is 1. The number of amides is 1. The fourth-order valence-corrected chi connectivity index (χ4v) is 3.79. The lowest BCUT2D eigenvalue weighted by Crippen LogP contribution is -3.29. The molecule has 1 aliphatic heterocycles. The summed E-state index contributed by atoms with van der Waals surface area (Å²) in [6, 6.07) is 17.0. The van der Waals surface area contributed by atoms with Crippen LogP contribution in [0.3, 0.4) is 0 Å². The first-order valence-electron chi connectivity index (χ1n) is 9.29. The molecule has 1 fully saturated rings. The molecule has 1 heterocycles. The normalized spacial score (nSPS) is 20.5. The predicted molar refractivity (Wildman–Crippen MR) is 106 cm³/mol. The van der Waals surface area contributed by atoms with Crippen molar-refractivity contribution in [2.45, 2.75) is 19.5 Å². The van der Waals surface area contributed by atoms with Crippen LogP contribution in [0.4, 0.5) is 5.69 Å². The topological polar surface area (TPSA) is 61.8 Å². The van der Waals surface area contributed by atoms with Gasteiger partial charge in [-0.25, -0.2) is 0 Å². The zero-order valence-corrected chi connectivity index (χ0v) is 16.2. The number of carbonyl (C=O) groups excluding carboxylic acids is 1. The molecular weight excluding hydrogens is 360 g/mol. The van der Waals surface area contributed by atoms with Crippen molar-refractivity contribution in [3.05, 3.63) is 64.7 Å². The number of quaternary nitrogens is 2. The van der Waals surface area contributed by atoms with Crippen LogP contribution in [0.5, 0.6) is 0 Å². The van der Waals surface area contributed by atoms with Gasteiger partial charge in [0.05, 0.1) is 11.6 Å². The third-order valence-electron chi connectivity index (χ3n) is 5.21. The number of hydrogen-bond acceptors (Lipinski definition) is 2. The largest absolute Gasteiger partial charge is 0.322 e. The van der Waals surface area contributed by atoms with Crippen LogP contribution in [0.2, 0.25) is 5.02 Å². The Morgan fingerprint density at radius 2 is 1.93 bits per heavy atom. The average molecular weight is 385 g/mol. The van der Waals surface area contributed by atoms with E-state index >= 15 is 0 Å². The van der Waals surface area contributed by atoms with E-state index in [9.17, 15) is 4.79 Å². The molecule has 0 aromatic heterocycles. The van der Waals surface area contributed by atoms with Gasteiger partial charge < -0.3 is 15.1 Å². The molecule has 6 heteroatoms. The van der Waals surface area contributed by atoms with Crippen LogP contribution in [-0.2, 0) is 11.3 Å². The first kappa shape index (κ1) is 19.4. The minimum atomic E-state index is -0.122. The molecule has 5 nitrogen and oxygen atoms in total. The molecule has 2 aromatic carbocycles. The van der Waals surface area contributed by atoms with Crippen molar-refractivity contribution in [1.82, 2.24) is 0 Å². The van der Waals surface area contributed by atoms with Crippen LogP contribution in [-0.4, -0.2) is 38.1 Å². The van der Waals surface area contributed by atoms with Gasteiger partial charge in [0.25, 0.3) is 5.91 Å². The van der Waals surface area contributed by atoms with Gasteiger partial charge in [0, 0.05) is 16.3 Å². The number of benzene rings is 2. The highest BCUT2D eigenvalue weighted by molar-refractivity contribution is 6.30. The zero-order valence-electron chi connectivity index (χ0n) is 15.5. The number of piperazine rings is 1. The third-order valence-corrected chi connectivity index (χ3v) is 5.44. The lowest BCUT2D eigenvalue weighted by Gasteiger charge is -2.32. The fraction of sp³-hybridized carbons (Fsp3) is 0.333. The quantitative estimate of drug-likeness (QED) is 0.704. The Labute approximate surface area is 165 Å². The van der Waals surface area contributed by atoms with Gasteiger partial charge in [0.15, 0.2) is 6.04 Å². The molecular formula is C21H25ClN4O+2. The monoisotopic (exact) mass is 384 g/mol. The molecule has 0 unspecified atom stereocenters. The van der Waals surface area contributed by atoms with E-state index in [1.54, 1.807) is 18.2 Å². The molecule has 0 radical (unpaired) electrons. The van der Waals surface area contributed by atoms with Gasteiger partial charge in [0.2, 0.25) is 0 Å². The average Bonchev–Trinajstić information content (AvgIpc) is 2.68. The van der Waals surface area contributed by atoms with Gasteiger partial charge in [-0.3, -0.25) is 4.79 Å². The summed E-state index contributed by atoms with van der Waals surface area (Å²) in [6.07, 6.45) is 0. The van der Waals surface area contributed by atoms with E-state index in [2.05, 4.69) is 17.5 Å². The van der Waals surface area contributed by atoms with E-state index in [1.165, 1.54) is 15.4 Å². The van der Waals surface area contributed by atoms with Gasteiger partial charge >= 0.3 is 0 Å². The lowest BCUT2D eigenvalue weighted by atomic mass is 10.1. The van der Waals surface area contributed by atoms with Gasteiger partial charge in [-0.15, -0.1) is 0 Å². The molecule has 1 atom stereocenters. The Hall–Kier alpha value is -2.39. The molecule has 1 amide bonds. The Morgan fingerprint density at radius 3 is 2.63 bits per heavy atom. The maximum absolute atomic E-state index is 12.6. The van der Waals surface area contributed by atoms with Crippen molar-refractivity contribution in [1.29, 1.82) is 5.26 Å². The van der Waals surface area contributed by atoms with Crippen LogP contribution < -0.4 is 15.1 Å². The molecule has 0 spiro atoms. The van der Waals surface area contributed by atoms with E-state index in [-0.39, 0.29) is 11.9 Å². The minimum absolute atomic E-state index is 0.00150.